The number of ether oxygens (including phenoxy) is 1. The summed E-state index contributed by atoms with van der Waals surface area (Å²) >= 11 is 6.37. The largest absolute Gasteiger partial charge is 0.491 e. The summed E-state index contributed by atoms with van der Waals surface area (Å²) in [4.78, 5) is 17.8. The Morgan fingerprint density at radius 2 is 1.93 bits per heavy atom. The summed E-state index contributed by atoms with van der Waals surface area (Å²) in [6, 6.07) is 11.5. The number of likely N-dealkylation sites (N-methyl/N-ethyl adjacent to an activating group) is 1. The first-order chi connectivity index (χ1) is 19.8. The predicted molar refractivity (Wildman–Crippen MR) is 169 cm³/mol. The SMILES string of the molecule is CCCc1cc(Cl)ccc1C1COc2ccc3cc2N(CCC(CC)C/C=C/CN(C)[C@H](C)C(=O)NS3=O)C1.CO. The highest BCUT2D eigenvalue weighted by Crippen LogP contribution is 2.38. The Labute approximate surface area is 253 Å². The number of hydrogen-bond donors (Lipinski definition) is 2. The number of carbonyl (C=O) groups is 1. The molecular weight excluding hydrogens is 558 g/mol. The fourth-order valence-electron chi connectivity index (χ4n) is 5.40. The van der Waals surface area contributed by atoms with Gasteiger partial charge in [0.25, 0.3) is 0 Å². The van der Waals surface area contributed by atoms with Crippen molar-refractivity contribution in [3.8, 4) is 5.75 Å². The molecule has 0 fully saturated rings. The Kier molecular flexibility index (Phi) is 13.2. The molecule has 2 N–H and O–H groups in total. The van der Waals surface area contributed by atoms with Crippen molar-refractivity contribution in [2.75, 3.05) is 45.3 Å². The number of allylic oxidation sites excluding steroid dienone is 1. The number of nitrogens with one attached hydrogen (secondary N) is 1. The number of benzene rings is 2. The van der Waals surface area contributed by atoms with Crippen LogP contribution in [-0.4, -0.2) is 66.6 Å². The van der Waals surface area contributed by atoms with Crippen LogP contribution in [0.1, 0.15) is 63.5 Å². The molecule has 4 rings (SSSR count). The van der Waals surface area contributed by atoms with Crippen LogP contribution in [0.15, 0.2) is 53.4 Å². The number of nitrogens with zero attached hydrogens (tertiary/aromatic N) is 2. The Hall–Kier alpha value is -2.39. The second-order valence-electron chi connectivity index (χ2n) is 10.8. The van der Waals surface area contributed by atoms with E-state index in [1.807, 2.05) is 37.1 Å². The van der Waals surface area contributed by atoms with Crippen molar-refractivity contribution in [3.05, 3.63) is 64.7 Å². The average Bonchev–Trinajstić information content (AvgIpc) is 3.16. The molecule has 0 spiro atoms. The first-order valence-electron chi connectivity index (χ1n) is 14.6. The van der Waals surface area contributed by atoms with Gasteiger partial charge in [0.2, 0.25) is 5.91 Å². The smallest absolute Gasteiger partial charge is 0.248 e. The summed E-state index contributed by atoms with van der Waals surface area (Å²) in [7, 11) is 1.25. The molecule has 0 saturated heterocycles. The zero-order chi connectivity index (χ0) is 29.9. The summed E-state index contributed by atoms with van der Waals surface area (Å²) in [5, 5.41) is 7.76. The quantitative estimate of drug-likeness (QED) is 0.435. The maximum atomic E-state index is 13.3. The molecule has 226 valence electrons. The third kappa shape index (κ3) is 8.80. The normalized spacial score (nSPS) is 24.8. The molecule has 3 unspecified atom stereocenters. The minimum atomic E-state index is -1.67. The van der Waals surface area contributed by atoms with E-state index in [0.29, 0.717) is 24.0 Å². The van der Waals surface area contributed by atoms with E-state index >= 15 is 0 Å². The third-order valence-corrected chi connectivity index (χ3v) is 9.38. The number of aliphatic hydroxyl groups excluding tert-OH is 1. The zero-order valence-corrected chi connectivity index (χ0v) is 26.6. The van der Waals surface area contributed by atoms with Crippen LogP contribution in [0, 0.1) is 5.92 Å². The number of fused-ring (bicyclic) bond motifs is 1. The fraction of sp³-hybridized carbons (Fsp3) is 0.531. The van der Waals surface area contributed by atoms with Gasteiger partial charge in [0.15, 0.2) is 11.0 Å². The van der Waals surface area contributed by atoms with Gasteiger partial charge < -0.3 is 14.7 Å². The van der Waals surface area contributed by atoms with Crippen LogP contribution in [0.4, 0.5) is 5.69 Å². The molecule has 1 amide bonds. The highest BCUT2D eigenvalue weighted by atomic mass is 35.5. The van der Waals surface area contributed by atoms with Crippen molar-refractivity contribution in [3.63, 3.8) is 0 Å². The van der Waals surface area contributed by atoms with E-state index in [2.05, 4.69) is 47.8 Å². The topological polar surface area (TPSA) is 82.1 Å². The summed E-state index contributed by atoms with van der Waals surface area (Å²) in [6.07, 6.45) is 9.55. The molecule has 2 aliphatic heterocycles. The number of aryl methyl sites for hydroxylation is 1. The molecule has 4 atom stereocenters. The van der Waals surface area contributed by atoms with Gasteiger partial charge in [0.05, 0.1) is 23.2 Å². The van der Waals surface area contributed by atoms with E-state index in [1.165, 1.54) is 11.1 Å². The van der Waals surface area contributed by atoms with Crippen molar-refractivity contribution in [2.24, 2.45) is 5.92 Å². The average molecular weight is 604 g/mol. The highest BCUT2D eigenvalue weighted by molar-refractivity contribution is 7.83. The number of hydrogen-bond acceptors (Lipinski definition) is 6. The Bertz CT molecular complexity index is 1210. The number of anilines is 1. The van der Waals surface area contributed by atoms with Crippen LogP contribution in [0.5, 0.6) is 5.75 Å². The van der Waals surface area contributed by atoms with Crippen molar-refractivity contribution in [2.45, 2.75) is 69.7 Å². The molecule has 2 aliphatic rings. The molecule has 2 aromatic carbocycles. The van der Waals surface area contributed by atoms with E-state index < -0.39 is 17.0 Å². The van der Waals surface area contributed by atoms with Crippen LogP contribution in [0.25, 0.3) is 0 Å². The second-order valence-corrected chi connectivity index (χ2v) is 12.4. The fourth-order valence-corrected chi connectivity index (χ4v) is 6.47. The van der Waals surface area contributed by atoms with Gasteiger partial charge in [-0.1, -0.05) is 56.5 Å². The lowest BCUT2D eigenvalue weighted by Gasteiger charge is -2.29. The number of amides is 1. The minimum Gasteiger partial charge on any atom is -0.491 e. The molecular formula is C32H46ClN3O4S. The number of rotatable bonds is 4. The van der Waals surface area contributed by atoms with Crippen LogP contribution in [0.2, 0.25) is 5.02 Å². The van der Waals surface area contributed by atoms with Crippen molar-refractivity contribution < 1.29 is 18.8 Å². The van der Waals surface area contributed by atoms with E-state index in [-0.39, 0.29) is 11.8 Å². The first kappa shape index (κ1) is 33.1. The van der Waals surface area contributed by atoms with Crippen LogP contribution in [-0.2, 0) is 22.2 Å². The lowest BCUT2D eigenvalue weighted by Crippen LogP contribution is -2.43. The highest BCUT2D eigenvalue weighted by Gasteiger charge is 2.28. The molecule has 2 heterocycles. The Balaban J connectivity index is 0.00000226. The zero-order valence-electron chi connectivity index (χ0n) is 25.1. The van der Waals surface area contributed by atoms with Gasteiger partial charge in [-0.2, -0.15) is 0 Å². The summed E-state index contributed by atoms with van der Waals surface area (Å²) in [6.45, 7) is 9.18. The number of carbonyl (C=O) groups excluding carboxylic acids is 1. The second kappa shape index (κ2) is 16.3. The van der Waals surface area contributed by atoms with E-state index in [0.717, 1.165) is 68.8 Å². The molecule has 9 heteroatoms. The third-order valence-electron chi connectivity index (χ3n) is 8.08. The summed E-state index contributed by atoms with van der Waals surface area (Å²) in [5.74, 6) is 1.26. The first-order valence-corrected chi connectivity index (χ1v) is 16.2. The van der Waals surface area contributed by atoms with Crippen molar-refractivity contribution in [1.82, 2.24) is 9.62 Å². The van der Waals surface area contributed by atoms with Gasteiger partial charge in [-0.05, 0) is 80.6 Å². The van der Waals surface area contributed by atoms with Crippen LogP contribution >= 0.6 is 11.6 Å². The van der Waals surface area contributed by atoms with E-state index in [9.17, 15) is 9.00 Å². The maximum absolute atomic E-state index is 13.3. The van der Waals surface area contributed by atoms with Gasteiger partial charge in [0.1, 0.15) is 5.75 Å². The predicted octanol–water partition coefficient (Wildman–Crippen LogP) is 5.72. The van der Waals surface area contributed by atoms with Crippen molar-refractivity contribution in [1.29, 1.82) is 0 Å². The van der Waals surface area contributed by atoms with Gasteiger partial charge >= 0.3 is 0 Å². The molecule has 7 nitrogen and oxygen atoms in total. The molecule has 0 aromatic heterocycles. The van der Waals surface area contributed by atoms with Crippen molar-refractivity contribution >= 4 is 34.2 Å². The van der Waals surface area contributed by atoms with Crippen LogP contribution < -0.4 is 14.4 Å². The maximum Gasteiger partial charge on any atom is 0.248 e. The molecule has 0 saturated carbocycles. The van der Waals surface area contributed by atoms with Gasteiger partial charge in [-0.15, -0.1) is 0 Å². The van der Waals surface area contributed by atoms with E-state index in [1.54, 1.807) is 6.07 Å². The van der Waals surface area contributed by atoms with Gasteiger partial charge in [-0.3, -0.25) is 14.4 Å². The van der Waals surface area contributed by atoms with E-state index in [4.69, 9.17) is 21.4 Å². The lowest BCUT2D eigenvalue weighted by atomic mass is 9.91. The molecule has 0 radical (unpaired) electrons. The standard InChI is InChI=1S/C31H42ClN3O3S.CH4O/c1-5-9-24-18-26(32)11-13-28(24)25-20-35-17-15-23(6-2)10-7-8-16-34(4)22(3)31(36)33-39(37)27-12-14-30(38-21-25)29(35)19-27;1-2/h7-8,11-14,18-19,22-23,25H,5-6,9-10,15-17,20-21H2,1-4H3,(H,33,36);2H,1H3/b8-7+;/t22-,23?,25?,39?;/m1./s1. The number of halogens is 1. The lowest BCUT2D eigenvalue weighted by molar-refractivity contribution is -0.123. The molecule has 41 heavy (non-hydrogen) atoms. The molecule has 2 aromatic rings. The number of aliphatic hydroxyl groups is 1. The Morgan fingerprint density at radius 1 is 1.15 bits per heavy atom. The van der Waals surface area contributed by atoms with Crippen LogP contribution in [0.3, 0.4) is 0 Å². The minimum absolute atomic E-state index is 0.173. The monoisotopic (exact) mass is 603 g/mol. The summed E-state index contributed by atoms with van der Waals surface area (Å²) in [5.41, 5.74) is 3.50. The summed E-state index contributed by atoms with van der Waals surface area (Å²) < 4.78 is 22.4. The van der Waals surface area contributed by atoms with Gasteiger partial charge in [0, 0.05) is 37.7 Å². The Morgan fingerprint density at radius 3 is 2.66 bits per heavy atom. The molecule has 2 bridgehead atoms. The van der Waals surface area contributed by atoms with Gasteiger partial charge in [-0.25, -0.2) is 4.21 Å². The molecule has 0 aliphatic carbocycles.